The summed E-state index contributed by atoms with van der Waals surface area (Å²) in [4.78, 5) is 0. The van der Waals surface area contributed by atoms with Crippen molar-refractivity contribution < 1.29 is 0 Å². The fourth-order valence-corrected chi connectivity index (χ4v) is 4.33. The van der Waals surface area contributed by atoms with Gasteiger partial charge in [-0.05, 0) is 54.4 Å². The van der Waals surface area contributed by atoms with Gasteiger partial charge in [-0.25, -0.2) is 0 Å². The van der Waals surface area contributed by atoms with Crippen molar-refractivity contribution in [3.05, 3.63) is 0 Å². The summed E-state index contributed by atoms with van der Waals surface area (Å²) in [6, 6.07) is 0.788. The third-order valence-corrected chi connectivity index (χ3v) is 6.89. The Hall–Kier alpha value is -0.0400. The highest BCUT2D eigenvalue weighted by Gasteiger charge is 2.63. The standard InChI is InChI=1S/C18H35N/c1-13(2)14-8-7-9-15(11-10-14)19-12-16-17(3,4)18(16,5)6/h13-16,19H,7-12H2,1-6H3. The Balaban J connectivity index is 1.76. The Morgan fingerprint density at radius 2 is 1.58 bits per heavy atom. The van der Waals surface area contributed by atoms with Gasteiger partial charge in [0.15, 0.2) is 0 Å². The van der Waals surface area contributed by atoms with Crippen molar-refractivity contribution in [3.63, 3.8) is 0 Å². The third-order valence-electron chi connectivity index (χ3n) is 6.89. The molecule has 2 rings (SSSR count). The quantitative estimate of drug-likeness (QED) is 0.716. The molecule has 0 aromatic rings. The van der Waals surface area contributed by atoms with E-state index in [4.69, 9.17) is 0 Å². The average Bonchev–Trinajstić information content (AvgIpc) is 2.82. The normalized spacial score (nSPS) is 34.3. The van der Waals surface area contributed by atoms with Gasteiger partial charge in [-0.3, -0.25) is 0 Å². The second-order valence-electron chi connectivity index (χ2n) is 8.61. The van der Waals surface area contributed by atoms with Crippen LogP contribution in [0, 0.1) is 28.6 Å². The predicted molar refractivity (Wildman–Crippen MR) is 84.3 cm³/mol. The molecule has 0 aromatic heterocycles. The van der Waals surface area contributed by atoms with Gasteiger partial charge in [0.25, 0.3) is 0 Å². The lowest BCUT2D eigenvalue weighted by molar-refractivity contribution is 0.336. The first-order valence-electron chi connectivity index (χ1n) is 8.50. The molecule has 2 atom stereocenters. The lowest BCUT2D eigenvalue weighted by Gasteiger charge is -2.19. The lowest BCUT2D eigenvalue weighted by Crippen LogP contribution is -2.31. The topological polar surface area (TPSA) is 12.0 Å². The molecule has 0 saturated heterocycles. The van der Waals surface area contributed by atoms with Crippen LogP contribution in [-0.2, 0) is 0 Å². The molecular weight excluding hydrogens is 230 g/mol. The molecule has 1 nitrogen and oxygen atoms in total. The van der Waals surface area contributed by atoms with E-state index in [-0.39, 0.29) is 0 Å². The molecule has 0 amide bonds. The molecule has 1 N–H and O–H groups in total. The summed E-state index contributed by atoms with van der Waals surface area (Å²) in [7, 11) is 0. The number of rotatable bonds is 4. The Bertz CT molecular complexity index is 289. The first-order valence-corrected chi connectivity index (χ1v) is 8.50. The number of nitrogens with one attached hydrogen (secondary N) is 1. The smallest absolute Gasteiger partial charge is 0.00672 e. The second kappa shape index (κ2) is 5.39. The minimum atomic E-state index is 0.533. The molecule has 1 heteroatoms. The van der Waals surface area contributed by atoms with Crippen molar-refractivity contribution in [1.29, 1.82) is 0 Å². The van der Waals surface area contributed by atoms with E-state index in [0.717, 1.165) is 23.8 Å². The molecule has 112 valence electrons. The second-order valence-corrected chi connectivity index (χ2v) is 8.61. The monoisotopic (exact) mass is 265 g/mol. The summed E-state index contributed by atoms with van der Waals surface area (Å²) in [6.07, 6.45) is 7.12. The molecule has 2 aliphatic carbocycles. The van der Waals surface area contributed by atoms with E-state index in [1.807, 2.05) is 0 Å². The minimum absolute atomic E-state index is 0.533. The van der Waals surface area contributed by atoms with Crippen molar-refractivity contribution in [2.24, 2.45) is 28.6 Å². The number of hydrogen-bond donors (Lipinski definition) is 1. The van der Waals surface area contributed by atoms with Gasteiger partial charge in [0, 0.05) is 6.04 Å². The van der Waals surface area contributed by atoms with Crippen LogP contribution in [0.1, 0.15) is 73.6 Å². The van der Waals surface area contributed by atoms with Gasteiger partial charge in [0.05, 0.1) is 0 Å². The van der Waals surface area contributed by atoms with E-state index in [2.05, 4.69) is 46.9 Å². The van der Waals surface area contributed by atoms with Crippen LogP contribution >= 0.6 is 0 Å². The summed E-state index contributed by atoms with van der Waals surface area (Å²) in [6.45, 7) is 15.8. The lowest BCUT2D eigenvalue weighted by atomic mass is 9.89. The first kappa shape index (κ1) is 15.4. The van der Waals surface area contributed by atoms with Gasteiger partial charge in [-0.15, -0.1) is 0 Å². The van der Waals surface area contributed by atoms with E-state index < -0.39 is 0 Å². The molecule has 2 unspecified atom stereocenters. The molecule has 0 spiro atoms. The van der Waals surface area contributed by atoms with Crippen LogP contribution in [0.25, 0.3) is 0 Å². The maximum Gasteiger partial charge on any atom is 0.00672 e. The van der Waals surface area contributed by atoms with Crippen LogP contribution in [0.3, 0.4) is 0 Å². The SMILES string of the molecule is CC(C)C1CCCC(NCC2C(C)(C)C2(C)C)CC1. The Morgan fingerprint density at radius 1 is 0.947 bits per heavy atom. The van der Waals surface area contributed by atoms with Gasteiger partial charge in [0.2, 0.25) is 0 Å². The van der Waals surface area contributed by atoms with Crippen LogP contribution in [-0.4, -0.2) is 12.6 Å². The summed E-state index contributed by atoms with van der Waals surface area (Å²) < 4.78 is 0. The molecule has 19 heavy (non-hydrogen) atoms. The highest BCUT2D eigenvalue weighted by molar-refractivity contribution is 5.13. The Morgan fingerprint density at radius 3 is 2.11 bits per heavy atom. The molecule has 2 saturated carbocycles. The third kappa shape index (κ3) is 3.01. The van der Waals surface area contributed by atoms with Gasteiger partial charge >= 0.3 is 0 Å². The van der Waals surface area contributed by atoms with Gasteiger partial charge < -0.3 is 5.32 Å². The predicted octanol–water partition coefficient (Wildman–Crippen LogP) is 4.86. The van der Waals surface area contributed by atoms with Crippen molar-refractivity contribution >= 4 is 0 Å². The van der Waals surface area contributed by atoms with E-state index in [1.165, 1.54) is 38.6 Å². The molecule has 0 heterocycles. The summed E-state index contributed by atoms with van der Waals surface area (Å²) in [5.41, 5.74) is 1.07. The molecule has 2 fully saturated rings. The van der Waals surface area contributed by atoms with Crippen molar-refractivity contribution in [2.75, 3.05) is 6.54 Å². The van der Waals surface area contributed by atoms with Crippen molar-refractivity contribution in [3.8, 4) is 0 Å². The molecular formula is C18H35N. The zero-order valence-corrected chi connectivity index (χ0v) is 14.1. The zero-order chi connectivity index (χ0) is 14.3. The van der Waals surface area contributed by atoms with Crippen LogP contribution in [0.15, 0.2) is 0 Å². The van der Waals surface area contributed by atoms with Crippen LogP contribution in [0.5, 0.6) is 0 Å². The molecule has 0 aromatic carbocycles. The van der Waals surface area contributed by atoms with Crippen molar-refractivity contribution in [1.82, 2.24) is 5.32 Å². The fraction of sp³-hybridized carbons (Fsp3) is 1.00. The highest BCUT2D eigenvalue weighted by Crippen LogP contribution is 2.67. The highest BCUT2D eigenvalue weighted by atomic mass is 14.9. The zero-order valence-electron chi connectivity index (χ0n) is 14.1. The number of hydrogen-bond acceptors (Lipinski definition) is 1. The van der Waals surface area contributed by atoms with Gasteiger partial charge in [-0.2, -0.15) is 0 Å². The van der Waals surface area contributed by atoms with E-state index in [0.29, 0.717) is 10.8 Å². The largest absolute Gasteiger partial charge is 0.314 e. The maximum absolute atomic E-state index is 3.89. The Labute approximate surface area is 120 Å². The van der Waals surface area contributed by atoms with E-state index >= 15 is 0 Å². The average molecular weight is 265 g/mol. The molecule has 0 aliphatic heterocycles. The van der Waals surface area contributed by atoms with E-state index in [1.54, 1.807) is 0 Å². The summed E-state index contributed by atoms with van der Waals surface area (Å²) in [5.74, 6) is 2.71. The van der Waals surface area contributed by atoms with Crippen LogP contribution < -0.4 is 5.32 Å². The van der Waals surface area contributed by atoms with Gasteiger partial charge in [-0.1, -0.05) is 54.4 Å². The van der Waals surface area contributed by atoms with Crippen molar-refractivity contribution in [2.45, 2.75) is 79.7 Å². The maximum atomic E-state index is 3.89. The molecule has 2 aliphatic rings. The Kier molecular flexibility index (Phi) is 4.35. The minimum Gasteiger partial charge on any atom is -0.314 e. The summed E-state index contributed by atoms with van der Waals surface area (Å²) in [5, 5.41) is 3.89. The first-order chi connectivity index (χ1) is 8.76. The van der Waals surface area contributed by atoms with Gasteiger partial charge in [0.1, 0.15) is 0 Å². The summed E-state index contributed by atoms with van der Waals surface area (Å²) >= 11 is 0. The van der Waals surface area contributed by atoms with Crippen LogP contribution in [0.2, 0.25) is 0 Å². The van der Waals surface area contributed by atoms with E-state index in [9.17, 15) is 0 Å². The fourth-order valence-electron chi connectivity index (χ4n) is 4.33. The molecule has 0 bridgehead atoms. The van der Waals surface area contributed by atoms with Crippen LogP contribution in [0.4, 0.5) is 0 Å². The molecule has 0 radical (unpaired) electrons.